The van der Waals surface area contributed by atoms with Gasteiger partial charge in [-0.05, 0) is 24.6 Å². The lowest BCUT2D eigenvalue weighted by Gasteiger charge is -2.15. The number of hydrogen-bond acceptors (Lipinski definition) is 3. The van der Waals surface area contributed by atoms with E-state index in [0.717, 1.165) is 5.56 Å². The van der Waals surface area contributed by atoms with Crippen LogP contribution < -0.4 is 15.8 Å². The summed E-state index contributed by atoms with van der Waals surface area (Å²) >= 11 is 0. The number of carbonyl (C=O) groups excluding carboxylic acids is 1. The second kappa shape index (κ2) is 7.31. The van der Waals surface area contributed by atoms with Gasteiger partial charge < -0.3 is 15.8 Å². The molecule has 4 nitrogen and oxygen atoms in total. The quantitative estimate of drug-likeness (QED) is 0.847. The zero-order valence-corrected chi connectivity index (χ0v) is 11.9. The summed E-state index contributed by atoms with van der Waals surface area (Å²) in [6.45, 7) is 2.44. The summed E-state index contributed by atoms with van der Waals surface area (Å²) in [5, 5.41) is 2.72. The van der Waals surface area contributed by atoms with E-state index in [9.17, 15) is 18.0 Å². The van der Waals surface area contributed by atoms with Gasteiger partial charge in [0.15, 0.2) is 6.61 Å². The molecule has 1 aromatic carbocycles. The third-order valence-electron chi connectivity index (χ3n) is 2.99. The summed E-state index contributed by atoms with van der Waals surface area (Å²) in [6, 6.07) is 5.82. The molecule has 1 rings (SSSR count). The van der Waals surface area contributed by atoms with Crippen LogP contribution in [0.1, 0.15) is 19.4 Å². The van der Waals surface area contributed by atoms with Gasteiger partial charge in [0, 0.05) is 18.5 Å². The molecule has 0 aliphatic carbocycles. The first-order valence-electron chi connectivity index (χ1n) is 6.51. The molecular weight excluding hydrogens is 285 g/mol. The molecule has 0 radical (unpaired) electrons. The highest BCUT2D eigenvalue weighted by Gasteiger charge is 2.28. The molecule has 0 aromatic heterocycles. The Hall–Kier alpha value is -1.76. The minimum Gasteiger partial charge on any atom is -0.484 e. The van der Waals surface area contributed by atoms with Crippen molar-refractivity contribution in [2.24, 2.45) is 11.7 Å². The summed E-state index contributed by atoms with van der Waals surface area (Å²) < 4.78 is 40.6. The van der Waals surface area contributed by atoms with Crippen LogP contribution in [0.4, 0.5) is 13.2 Å². The van der Waals surface area contributed by atoms with Gasteiger partial charge in [0.1, 0.15) is 5.75 Å². The Labute approximate surface area is 121 Å². The lowest BCUT2D eigenvalue weighted by Crippen LogP contribution is -2.38. The number of benzene rings is 1. The number of alkyl halides is 3. The van der Waals surface area contributed by atoms with Crippen LogP contribution in [-0.4, -0.2) is 24.7 Å². The predicted molar refractivity (Wildman–Crippen MR) is 72.7 cm³/mol. The maximum absolute atomic E-state index is 12.0. The molecule has 0 aliphatic rings. The van der Waals surface area contributed by atoms with E-state index in [1.165, 1.54) is 12.1 Å². The fraction of sp³-hybridized carbons (Fsp3) is 0.500. The first-order chi connectivity index (χ1) is 9.69. The first-order valence-corrected chi connectivity index (χ1v) is 6.51. The third kappa shape index (κ3) is 6.48. The SMILES string of the molecule is CC(N)C(C)C(=O)NCc1ccc(OCC(F)(F)F)cc1. The summed E-state index contributed by atoms with van der Waals surface area (Å²) in [5.74, 6) is -0.340. The van der Waals surface area contributed by atoms with Crippen molar-refractivity contribution < 1.29 is 22.7 Å². The Morgan fingerprint density at radius 2 is 1.86 bits per heavy atom. The fourth-order valence-corrected chi connectivity index (χ4v) is 1.46. The molecule has 0 saturated carbocycles. The minimum atomic E-state index is -4.36. The molecule has 1 aromatic rings. The van der Waals surface area contributed by atoms with Crippen molar-refractivity contribution in [2.75, 3.05) is 6.61 Å². The van der Waals surface area contributed by atoms with Gasteiger partial charge in [-0.1, -0.05) is 19.1 Å². The fourth-order valence-electron chi connectivity index (χ4n) is 1.46. The second-order valence-corrected chi connectivity index (χ2v) is 4.91. The maximum atomic E-state index is 12.0. The maximum Gasteiger partial charge on any atom is 0.422 e. The Balaban J connectivity index is 2.46. The number of halogens is 3. The van der Waals surface area contributed by atoms with Crippen LogP contribution in [0, 0.1) is 5.92 Å². The molecule has 0 bridgehead atoms. The Kier molecular flexibility index (Phi) is 6.02. The highest BCUT2D eigenvalue weighted by molar-refractivity contribution is 5.78. The third-order valence-corrected chi connectivity index (χ3v) is 2.99. The van der Waals surface area contributed by atoms with E-state index in [1.54, 1.807) is 26.0 Å². The predicted octanol–water partition coefficient (Wildman–Crippen LogP) is 2.23. The topological polar surface area (TPSA) is 64.4 Å². The van der Waals surface area contributed by atoms with Gasteiger partial charge in [-0.25, -0.2) is 0 Å². The van der Waals surface area contributed by atoms with Gasteiger partial charge in [0.2, 0.25) is 5.91 Å². The molecule has 7 heteroatoms. The van der Waals surface area contributed by atoms with Crippen molar-refractivity contribution in [3.05, 3.63) is 29.8 Å². The molecule has 2 atom stereocenters. The first kappa shape index (κ1) is 17.3. The molecule has 2 unspecified atom stereocenters. The van der Waals surface area contributed by atoms with Gasteiger partial charge >= 0.3 is 6.18 Å². The van der Waals surface area contributed by atoms with Crippen molar-refractivity contribution >= 4 is 5.91 Å². The van der Waals surface area contributed by atoms with Gasteiger partial charge in [0.25, 0.3) is 0 Å². The number of carbonyl (C=O) groups is 1. The second-order valence-electron chi connectivity index (χ2n) is 4.91. The van der Waals surface area contributed by atoms with E-state index in [4.69, 9.17) is 5.73 Å². The number of ether oxygens (including phenoxy) is 1. The van der Waals surface area contributed by atoms with E-state index in [1.807, 2.05) is 0 Å². The van der Waals surface area contributed by atoms with E-state index >= 15 is 0 Å². The van der Waals surface area contributed by atoms with E-state index in [0.29, 0.717) is 0 Å². The molecule has 0 saturated heterocycles. The smallest absolute Gasteiger partial charge is 0.422 e. The van der Waals surface area contributed by atoms with Crippen molar-refractivity contribution in [1.82, 2.24) is 5.32 Å². The van der Waals surface area contributed by atoms with Crippen molar-refractivity contribution in [1.29, 1.82) is 0 Å². The molecule has 0 heterocycles. The molecular formula is C14H19F3N2O2. The van der Waals surface area contributed by atoms with Crippen molar-refractivity contribution in [2.45, 2.75) is 32.6 Å². The molecule has 118 valence electrons. The summed E-state index contributed by atoms with van der Waals surface area (Å²) in [7, 11) is 0. The molecule has 0 aliphatic heterocycles. The summed E-state index contributed by atoms with van der Waals surface area (Å²) in [6.07, 6.45) is -4.36. The van der Waals surface area contributed by atoms with Crippen LogP contribution in [0.15, 0.2) is 24.3 Å². The number of amides is 1. The van der Waals surface area contributed by atoms with Crippen LogP contribution in [0.25, 0.3) is 0 Å². The average Bonchev–Trinajstić information content (AvgIpc) is 2.41. The van der Waals surface area contributed by atoms with Crippen molar-refractivity contribution in [3.63, 3.8) is 0 Å². The standard InChI is InChI=1S/C14H19F3N2O2/c1-9(10(2)18)13(20)19-7-11-3-5-12(6-4-11)21-8-14(15,16)17/h3-6,9-10H,7-8,18H2,1-2H3,(H,19,20). The van der Waals surface area contributed by atoms with Crippen LogP contribution in [-0.2, 0) is 11.3 Å². The number of rotatable bonds is 6. The summed E-state index contributed by atoms with van der Waals surface area (Å²) in [4.78, 5) is 11.7. The molecule has 0 spiro atoms. The molecule has 3 N–H and O–H groups in total. The largest absolute Gasteiger partial charge is 0.484 e. The van der Waals surface area contributed by atoms with Gasteiger partial charge in [-0.15, -0.1) is 0 Å². The lowest BCUT2D eigenvalue weighted by molar-refractivity contribution is -0.153. The van der Waals surface area contributed by atoms with Gasteiger partial charge in [-0.2, -0.15) is 13.2 Å². The normalized spacial score (nSPS) is 14.4. The van der Waals surface area contributed by atoms with Crippen LogP contribution in [0.5, 0.6) is 5.75 Å². The highest BCUT2D eigenvalue weighted by atomic mass is 19.4. The Bertz CT molecular complexity index is 458. The number of nitrogens with one attached hydrogen (secondary N) is 1. The number of nitrogens with two attached hydrogens (primary N) is 1. The van der Waals surface area contributed by atoms with Gasteiger partial charge in [-0.3, -0.25) is 4.79 Å². The van der Waals surface area contributed by atoms with Crippen LogP contribution in [0.3, 0.4) is 0 Å². The number of hydrogen-bond donors (Lipinski definition) is 2. The Morgan fingerprint density at radius 1 is 1.29 bits per heavy atom. The summed E-state index contributed by atoms with van der Waals surface area (Å²) in [5.41, 5.74) is 6.39. The zero-order chi connectivity index (χ0) is 16.0. The minimum absolute atomic E-state index is 0.131. The van der Waals surface area contributed by atoms with E-state index in [-0.39, 0.29) is 30.2 Å². The monoisotopic (exact) mass is 304 g/mol. The zero-order valence-electron chi connectivity index (χ0n) is 11.9. The highest BCUT2D eigenvalue weighted by Crippen LogP contribution is 2.18. The molecule has 1 amide bonds. The van der Waals surface area contributed by atoms with E-state index < -0.39 is 12.8 Å². The van der Waals surface area contributed by atoms with Crippen molar-refractivity contribution in [3.8, 4) is 5.75 Å². The molecule has 0 fully saturated rings. The van der Waals surface area contributed by atoms with E-state index in [2.05, 4.69) is 10.1 Å². The van der Waals surface area contributed by atoms with Crippen LogP contribution in [0.2, 0.25) is 0 Å². The van der Waals surface area contributed by atoms with Gasteiger partial charge in [0.05, 0.1) is 0 Å². The van der Waals surface area contributed by atoms with Crippen LogP contribution >= 0.6 is 0 Å². The lowest BCUT2D eigenvalue weighted by atomic mass is 10.0. The molecule has 21 heavy (non-hydrogen) atoms. The average molecular weight is 304 g/mol. The Morgan fingerprint density at radius 3 is 2.33 bits per heavy atom.